The number of thiophene rings is 1. The zero-order chi connectivity index (χ0) is 18.4. The van der Waals surface area contributed by atoms with Gasteiger partial charge in [-0.2, -0.15) is 0 Å². The van der Waals surface area contributed by atoms with E-state index in [9.17, 15) is 19.7 Å². The number of esters is 1. The number of nitrogens with zero attached hydrogens (tertiary/aromatic N) is 2. The van der Waals surface area contributed by atoms with Gasteiger partial charge in [-0.1, -0.05) is 23.5 Å². The second kappa shape index (κ2) is 8.25. The van der Waals surface area contributed by atoms with Gasteiger partial charge in [0, 0.05) is 32.4 Å². The van der Waals surface area contributed by atoms with Crippen molar-refractivity contribution < 1.29 is 19.2 Å². The van der Waals surface area contributed by atoms with Crippen LogP contribution in [0.4, 0.5) is 10.7 Å². The lowest BCUT2D eigenvalue weighted by atomic mass is 10.2. The number of hydrogen-bond acceptors (Lipinski definition) is 7. The van der Waals surface area contributed by atoms with E-state index in [4.69, 9.17) is 4.74 Å². The Morgan fingerprint density at radius 3 is 2.44 bits per heavy atom. The zero-order valence-corrected chi connectivity index (χ0v) is 14.5. The summed E-state index contributed by atoms with van der Waals surface area (Å²) in [5.74, 6) is -1.21. The molecule has 8 nitrogen and oxygen atoms in total. The fraction of sp³-hybridized carbons (Fsp3) is 0.250. The number of nitro groups is 1. The number of anilines is 1. The lowest BCUT2D eigenvalue weighted by Crippen LogP contribution is -2.28. The molecule has 2 aromatic rings. The monoisotopic (exact) mass is 363 g/mol. The Labute approximate surface area is 148 Å². The molecule has 9 heteroatoms. The Hall–Kier alpha value is -2.94. The molecule has 1 heterocycles. The van der Waals surface area contributed by atoms with Crippen LogP contribution in [0.5, 0.6) is 0 Å². The van der Waals surface area contributed by atoms with Crippen molar-refractivity contribution >= 4 is 33.9 Å². The summed E-state index contributed by atoms with van der Waals surface area (Å²) >= 11 is 0.705. The molecule has 1 N–H and O–H groups in total. The molecule has 0 aliphatic carbocycles. The van der Waals surface area contributed by atoms with Gasteiger partial charge < -0.3 is 15.0 Å². The average molecular weight is 363 g/mol. The smallest absolute Gasteiger partial charge is 0.349 e. The maximum absolute atomic E-state index is 11.7. The Morgan fingerprint density at radius 1 is 1.20 bits per heavy atom. The lowest BCUT2D eigenvalue weighted by Gasteiger charge is -2.13. The molecule has 2 rings (SSSR count). The molecule has 1 aromatic carbocycles. The predicted octanol–water partition coefficient (Wildman–Crippen LogP) is 2.20. The van der Waals surface area contributed by atoms with Crippen LogP contribution < -0.4 is 10.2 Å². The molecule has 25 heavy (non-hydrogen) atoms. The van der Waals surface area contributed by atoms with Crippen LogP contribution in [0.25, 0.3) is 0 Å². The number of nitrogens with one attached hydrogen (secondary N) is 1. The van der Waals surface area contributed by atoms with Crippen molar-refractivity contribution in [2.75, 3.05) is 25.6 Å². The molecule has 0 aliphatic rings. The number of amides is 1. The van der Waals surface area contributed by atoms with Crippen LogP contribution >= 0.6 is 11.3 Å². The Balaban J connectivity index is 1.78. The summed E-state index contributed by atoms with van der Waals surface area (Å²) in [6.45, 7) is -0.130. The first-order chi connectivity index (χ1) is 11.9. The van der Waals surface area contributed by atoms with Crippen LogP contribution in [0.3, 0.4) is 0 Å². The van der Waals surface area contributed by atoms with Gasteiger partial charge in [-0.05, 0) is 23.8 Å². The van der Waals surface area contributed by atoms with Crippen molar-refractivity contribution in [2.24, 2.45) is 0 Å². The van der Waals surface area contributed by atoms with Gasteiger partial charge >= 0.3 is 11.0 Å². The fourth-order valence-electron chi connectivity index (χ4n) is 1.90. The molecule has 0 bridgehead atoms. The molecule has 1 aromatic heterocycles. The molecule has 0 radical (unpaired) electrons. The SMILES string of the molecule is CN(C)c1ccc(CNC(=O)COC(=O)c2ccc([N+](=O)[O-])s2)cc1. The second-order valence-electron chi connectivity index (χ2n) is 5.31. The first kappa shape index (κ1) is 18.4. The number of hydrogen-bond donors (Lipinski definition) is 1. The van der Waals surface area contributed by atoms with E-state index < -0.39 is 23.4 Å². The Morgan fingerprint density at radius 2 is 1.88 bits per heavy atom. The van der Waals surface area contributed by atoms with Crippen molar-refractivity contribution in [1.82, 2.24) is 5.32 Å². The van der Waals surface area contributed by atoms with Gasteiger partial charge in [0.2, 0.25) is 0 Å². The third-order valence-electron chi connectivity index (χ3n) is 3.25. The minimum atomic E-state index is -0.761. The van der Waals surface area contributed by atoms with E-state index >= 15 is 0 Å². The van der Waals surface area contributed by atoms with E-state index in [0.717, 1.165) is 11.3 Å². The molecule has 0 atom stereocenters. The van der Waals surface area contributed by atoms with Crippen LogP contribution in [0, 0.1) is 10.1 Å². The quantitative estimate of drug-likeness (QED) is 0.460. The normalized spacial score (nSPS) is 10.2. The minimum absolute atomic E-state index is 0.0822. The van der Waals surface area contributed by atoms with Crippen molar-refractivity contribution in [1.29, 1.82) is 0 Å². The number of benzene rings is 1. The van der Waals surface area contributed by atoms with Crippen LogP contribution in [-0.2, 0) is 16.1 Å². The zero-order valence-electron chi connectivity index (χ0n) is 13.7. The largest absolute Gasteiger partial charge is 0.451 e. The van der Waals surface area contributed by atoms with E-state index in [0.29, 0.717) is 17.9 Å². The van der Waals surface area contributed by atoms with Crippen molar-refractivity contribution in [3.63, 3.8) is 0 Å². The predicted molar refractivity (Wildman–Crippen MR) is 93.9 cm³/mol. The summed E-state index contributed by atoms with van der Waals surface area (Å²) in [4.78, 5) is 35.5. The van der Waals surface area contributed by atoms with Gasteiger partial charge in [0.15, 0.2) is 6.61 Å². The summed E-state index contributed by atoms with van der Waals surface area (Å²) in [6.07, 6.45) is 0. The van der Waals surface area contributed by atoms with Crippen molar-refractivity contribution in [3.8, 4) is 0 Å². The van der Waals surface area contributed by atoms with Gasteiger partial charge in [0.25, 0.3) is 5.91 Å². The summed E-state index contributed by atoms with van der Waals surface area (Å²) in [5, 5.41) is 13.1. The van der Waals surface area contributed by atoms with Gasteiger partial charge in [-0.25, -0.2) is 4.79 Å². The highest BCUT2D eigenvalue weighted by Gasteiger charge is 2.17. The van der Waals surface area contributed by atoms with Crippen molar-refractivity contribution in [2.45, 2.75) is 6.54 Å². The second-order valence-corrected chi connectivity index (χ2v) is 6.37. The minimum Gasteiger partial charge on any atom is -0.451 e. The van der Waals surface area contributed by atoms with Crippen LogP contribution in [0.15, 0.2) is 36.4 Å². The molecule has 1 amide bonds. The van der Waals surface area contributed by atoms with E-state index in [-0.39, 0.29) is 9.88 Å². The van der Waals surface area contributed by atoms with Crippen LogP contribution in [-0.4, -0.2) is 37.5 Å². The van der Waals surface area contributed by atoms with E-state index in [1.807, 2.05) is 43.3 Å². The summed E-state index contributed by atoms with van der Waals surface area (Å²) in [5.41, 5.74) is 1.97. The molecule has 0 spiro atoms. The number of rotatable bonds is 7. The van der Waals surface area contributed by atoms with Gasteiger partial charge in [0.05, 0.1) is 4.92 Å². The molecule has 0 fully saturated rings. The first-order valence-corrected chi connectivity index (χ1v) is 8.13. The average Bonchev–Trinajstić information content (AvgIpc) is 3.08. The van der Waals surface area contributed by atoms with Crippen LogP contribution in [0.2, 0.25) is 0 Å². The molecule has 0 aliphatic heterocycles. The maximum atomic E-state index is 11.7. The van der Waals surface area contributed by atoms with Crippen molar-refractivity contribution in [3.05, 3.63) is 57.0 Å². The van der Waals surface area contributed by atoms with Gasteiger partial charge in [0.1, 0.15) is 4.88 Å². The first-order valence-electron chi connectivity index (χ1n) is 7.31. The summed E-state index contributed by atoms with van der Waals surface area (Å²) < 4.78 is 4.85. The Bertz CT molecular complexity index is 770. The number of carbonyl (C=O) groups excluding carboxylic acids is 2. The lowest BCUT2D eigenvalue weighted by molar-refractivity contribution is -0.380. The summed E-state index contributed by atoms with van der Waals surface area (Å²) in [6, 6.07) is 10.2. The maximum Gasteiger partial charge on any atom is 0.349 e. The molecular weight excluding hydrogens is 346 g/mol. The van der Waals surface area contributed by atoms with E-state index in [2.05, 4.69) is 5.32 Å². The Kier molecular flexibility index (Phi) is 6.07. The summed E-state index contributed by atoms with van der Waals surface area (Å²) in [7, 11) is 3.88. The standard InChI is InChI=1S/C16H17N3O5S/c1-18(2)12-5-3-11(4-6-12)9-17-14(20)10-24-16(21)13-7-8-15(25-13)19(22)23/h3-8H,9-10H2,1-2H3,(H,17,20). The van der Waals surface area contributed by atoms with E-state index in [1.54, 1.807) is 0 Å². The third-order valence-corrected chi connectivity index (χ3v) is 4.27. The van der Waals surface area contributed by atoms with Gasteiger partial charge in [-0.15, -0.1) is 0 Å². The molecular formula is C16H17N3O5S. The fourth-order valence-corrected chi connectivity index (χ4v) is 2.62. The van der Waals surface area contributed by atoms with E-state index in [1.165, 1.54) is 12.1 Å². The highest BCUT2D eigenvalue weighted by Crippen LogP contribution is 2.24. The highest BCUT2D eigenvalue weighted by atomic mass is 32.1. The third kappa shape index (κ3) is 5.28. The number of ether oxygens (including phenoxy) is 1. The van der Waals surface area contributed by atoms with Gasteiger partial charge in [-0.3, -0.25) is 14.9 Å². The van der Waals surface area contributed by atoms with Crippen LogP contribution in [0.1, 0.15) is 15.2 Å². The highest BCUT2D eigenvalue weighted by molar-refractivity contribution is 7.17. The molecule has 0 saturated carbocycles. The topological polar surface area (TPSA) is 102 Å². The number of carbonyl (C=O) groups is 2. The molecule has 0 unspecified atom stereocenters. The molecule has 0 saturated heterocycles. The molecule has 132 valence electrons.